The molecule has 6 heteroatoms. The Labute approximate surface area is 139 Å². The predicted molar refractivity (Wildman–Crippen MR) is 90.0 cm³/mol. The van der Waals surface area contributed by atoms with Gasteiger partial charge in [-0.2, -0.15) is 0 Å². The third-order valence-corrected chi connectivity index (χ3v) is 3.24. The lowest BCUT2D eigenvalue weighted by atomic mass is 10.1. The van der Waals surface area contributed by atoms with Gasteiger partial charge in [-0.25, -0.2) is 4.79 Å². The molecule has 0 aliphatic heterocycles. The maximum absolute atomic E-state index is 12.2. The summed E-state index contributed by atoms with van der Waals surface area (Å²) in [6.45, 7) is 8.79. The molecule has 0 saturated heterocycles. The van der Waals surface area contributed by atoms with E-state index in [2.05, 4.69) is 5.32 Å². The van der Waals surface area contributed by atoms with Crippen LogP contribution in [0.25, 0.3) is 11.0 Å². The van der Waals surface area contributed by atoms with E-state index >= 15 is 0 Å². The van der Waals surface area contributed by atoms with Gasteiger partial charge in [0.25, 0.3) is 5.91 Å². The second-order valence-corrected chi connectivity index (χ2v) is 6.76. The molecule has 0 unspecified atom stereocenters. The number of rotatable bonds is 3. The van der Waals surface area contributed by atoms with Crippen LogP contribution in [0.15, 0.2) is 33.5 Å². The van der Waals surface area contributed by atoms with E-state index in [0.717, 1.165) is 11.6 Å². The maximum atomic E-state index is 12.2. The fourth-order valence-electron chi connectivity index (χ4n) is 2.11. The minimum atomic E-state index is -1.00. The number of amides is 1. The molecule has 1 atom stereocenters. The Bertz CT molecular complexity index is 845. The summed E-state index contributed by atoms with van der Waals surface area (Å²) in [4.78, 5) is 36.2. The van der Waals surface area contributed by atoms with Crippen molar-refractivity contribution in [1.82, 2.24) is 5.32 Å². The van der Waals surface area contributed by atoms with Crippen molar-refractivity contribution in [3.63, 3.8) is 0 Å². The van der Waals surface area contributed by atoms with Gasteiger partial charge in [0.05, 0.1) is 5.39 Å². The number of carbonyl (C=O) groups excluding carboxylic acids is 2. The fraction of sp³-hybridized carbons (Fsp3) is 0.389. The minimum Gasteiger partial charge on any atom is -0.449 e. The van der Waals surface area contributed by atoms with Crippen LogP contribution in [-0.4, -0.2) is 23.5 Å². The number of hydrogen-bond donors (Lipinski definition) is 1. The zero-order valence-corrected chi connectivity index (χ0v) is 14.4. The zero-order chi connectivity index (χ0) is 18.1. The molecule has 0 bridgehead atoms. The van der Waals surface area contributed by atoms with Crippen molar-refractivity contribution in [2.75, 3.05) is 0 Å². The largest absolute Gasteiger partial charge is 0.449 e. The van der Waals surface area contributed by atoms with Crippen LogP contribution in [0.1, 0.15) is 43.8 Å². The monoisotopic (exact) mass is 331 g/mol. The number of esters is 1. The number of ether oxygens (including phenoxy) is 1. The van der Waals surface area contributed by atoms with E-state index in [1.54, 1.807) is 18.2 Å². The molecule has 0 aliphatic rings. The summed E-state index contributed by atoms with van der Waals surface area (Å²) in [6.07, 6.45) is -1.00. The average Bonchev–Trinajstić information content (AvgIpc) is 2.45. The van der Waals surface area contributed by atoms with Gasteiger partial charge < -0.3 is 14.5 Å². The first kappa shape index (κ1) is 17.7. The van der Waals surface area contributed by atoms with Crippen LogP contribution in [0.2, 0.25) is 0 Å². The summed E-state index contributed by atoms with van der Waals surface area (Å²) < 4.78 is 10.5. The lowest BCUT2D eigenvalue weighted by Crippen LogP contribution is -2.46. The van der Waals surface area contributed by atoms with E-state index < -0.39 is 23.5 Å². The van der Waals surface area contributed by atoms with Crippen molar-refractivity contribution in [3.05, 3.63) is 45.8 Å². The van der Waals surface area contributed by atoms with Crippen LogP contribution >= 0.6 is 0 Å². The van der Waals surface area contributed by atoms with E-state index in [0.29, 0.717) is 11.0 Å². The molecule has 24 heavy (non-hydrogen) atoms. The maximum Gasteiger partial charge on any atom is 0.375 e. The van der Waals surface area contributed by atoms with Gasteiger partial charge in [-0.1, -0.05) is 11.6 Å². The fourth-order valence-corrected chi connectivity index (χ4v) is 2.11. The van der Waals surface area contributed by atoms with E-state index in [9.17, 15) is 14.4 Å². The van der Waals surface area contributed by atoms with Crippen molar-refractivity contribution in [3.8, 4) is 0 Å². The zero-order valence-electron chi connectivity index (χ0n) is 14.4. The van der Waals surface area contributed by atoms with E-state index in [1.807, 2.05) is 27.7 Å². The smallest absolute Gasteiger partial charge is 0.375 e. The topological polar surface area (TPSA) is 85.6 Å². The molecule has 0 saturated carbocycles. The molecule has 1 amide bonds. The number of benzene rings is 1. The summed E-state index contributed by atoms with van der Waals surface area (Å²) in [7, 11) is 0. The number of nitrogens with one attached hydrogen (secondary N) is 1. The number of carbonyl (C=O) groups is 2. The Morgan fingerprint density at radius 2 is 1.88 bits per heavy atom. The van der Waals surface area contributed by atoms with Gasteiger partial charge in [-0.15, -0.1) is 0 Å². The van der Waals surface area contributed by atoms with Crippen molar-refractivity contribution in [1.29, 1.82) is 0 Å². The SMILES string of the molecule is Cc1ccc2oc(C(=O)O[C@@H](C)C(=O)NC(C)(C)C)cc(=O)c2c1. The molecule has 1 aromatic carbocycles. The van der Waals surface area contributed by atoms with Gasteiger partial charge in [-0.05, 0) is 46.8 Å². The van der Waals surface area contributed by atoms with E-state index in [-0.39, 0.29) is 11.2 Å². The van der Waals surface area contributed by atoms with Crippen molar-refractivity contribution < 1.29 is 18.7 Å². The van der Waals surface area contributed by atoms with Gasteiger partial charge in [0.1, 0.15) is 5.58 Å². The molecule has 1 heterocycles. The number of aryl methyl sites for hydroxylation is 1. The normalized spacial score (nSPS) is 12.7. The molecule has 1 N–H and O–H groups in total. The molecule has 0 spiro atoms. The van der Waals surface area contributed by atoms with Crippen LogP contribution in [0.4, 0.5) is 0 Å². The Kier molecular flexibility index (Phi) is 4.78. The second kappa shape index (κ2) is 6.47. The van der Waals surface area contributed by atoms with Crippen molar-refractivity contribution >= 4 is 22.8 Å². The Morgan fingerprint density at radius 1 is 1.21 bits per heavy atom. The molecule has 2 rings (SSSR count). The van der Waals surface area contributed by atoms with Gasteiger partial charge in [0, 0.05) is 11.6 Å². The van der Waals surface area contributed by atoms with E-state index in [1.165, 1.54) is 6.92 Å². The highest BCUT2D eigenvalue weighted by Crippen LogP contribution is 2.15. The molecule has 0 fully saturated rings. The average molecular weight is 331 g/mol. The molecule has 0 radical (unpaired) electrons. The molecule has 6 nitrogen and oxygen atoms in total. The van der Waals surface area contributed by atoms with Crippen LogP contribution in [0.3, 0.4) is 0 Å². The molecule has 2 aromatic rings. The summed E-state index contributed by atoms with van der Waals surface area (Å²) in [5.41, 5.74) is 0.439. The minimum absolute atomic E-state index is 0.230. The molecule has 1 aromatic heterocycles. The Morgan fingerprint density at radius 3 is 2.50 bits per heavy atom. The highest BCUT2D eigenvalue weighted by atomic mass is 16.6. The van der Waals surface area contributed by atoms with E-state index in [4.69, 9.17) is 9.15 Å². The molecule has 128 valence electrons. The molecular formula is C18H21NO5. The molecule has 0 aliphatic carbocycles. The first-order valence-electron chi connectivity index (χ1n) is 7.64. The lowest BCUT2D eigenvalue weighted by Gasteiger charge is -2.23. The number of fused-ring (bicyclic) bond motifs is 1. The van der Waals surface area contributed by atoms with Crippen LogP contribution in [0, 0.1) is 6.92 Å². The Balaban J connectivity index is 2.21. The van der Waals surface area contributed by atoms with Crippen molar-refractivity contribution in [2.45, 2.75) is 46.3 Å². The van der Waals surface area contributed by atoms with Crippen LogP contribution < -0.4 is 10.7 Å². The van der Waals surface area contributed by atoms with Crippen LogP contribution in [-0.2, 0) is 9.53 Å². The van der Waals surface area contributed by atoms with Gasteiger partial charge in [-0.3, -0.25) is 9.59 Å². The van der Waals surface area contributed by atoms with Gasteiger partial charge in [0.15, 0.2) is 11.5 Å². The summed E-state index contributed by atoms with van der Waals surface area (Å²) in [5.74, 6) is -1.51. The summed E-state index contributed by atoms with van der Waals surface area (Å²) in [6, 6.07) is 6.17. The molecular weight excluding hydrogens is 310 g/mol. The summed E-state index contributed by atoms with van der Waals surface area (Å²) >= 11 is 0. The van der Waals surface area contributed by atoms with Crippen molar-refractivity contribution in [2.24, 2.45) is 0 Å². The quantitative estimate of drug-likeness (QED) is 0.874. The summed E-state index contributed by atoms with van der Waals surface area (Å²) in [5, 5.41) is 3.11. The third-order valence-electron chi connectivity index (χ3n) is 3.24. The second-order valence-electron chi connectivity index (χ2n) is 6.76. The van der Waals surface area contributed by atoms with Gasteiger partial charge >= 0.3 is 5.97 Å². The van der Waals surface area contributed by atoms with Gasteiger partial charge in [0.2, 0.25) is 5.76 Å². The Hall–Kier alpha value is -2.63. The predicted octanol–water partition coefficient (Wildman–Crippen LogP) is 2.56. The van der Waals surface area contributed by atoms with Crippen LogP contribution in [0.5, 0.6) is 0 Å². The standard InChI is InChI=1S/C18H21NO5/c1-10-6-7-14-12(8-10)13(20)9-15(24-14)17(22)23-11(2)16(21)19-18(3,4)5/h6-9,11H,1-5H3,(H,19,21)/t11-/m0/s1. The number of hydrogen-bond acceptors (Lipinski definition) is 5. The highest BCUT2D eigenvalue weighted by Gasteiger charge is 2.24. The first-order valence-corrected chi connectivity index (χ1v) is 7.64. The highest BCUT2D eigenvalue weighted by molar-refractivity contribution is 5.91. The third kappa shape index (κ3) is 4.22. The lowest BCUT2D eigenvalue weighted by molar-refractivity contribution is -0.130. The first-order chi connectivity index (χ1) is 11.1.